The van der Waals surface area contributed by atoms with Crippen molar-refractivity contribution in [1.82, 2.24) is 0 Å². The third-order valence-corrected chi connectivity index (χ3v) is 5.36. The minimum Gasteiger partial charge on any atom is -0.507 e. The van der Waals surface area contributed by atoms with Crippen molar-refractivity contribution >= 4 is 23.1 Å². The number of aromatic hydroxyl groups is 1. The van der Waals surface area contributed by atoms with Gasteiger partial charge in [-0.05, 0) is 42.0 Å². The van der Waals surface area contributed by atoms with Crippen LogP contribution in [0.3, 0.4) is 0 Å². The van der Waals surface area contributed by atoms with Crippen LogP contribution in [0.25, 0.3) is 5.76 Å². The fourth-order valence-electron chi connectivity index (χ4n) is 3.77. The van der Waals surface area contributed by atoms with Crippen LogP contribution in [0.4, 0.5) is 5.69 Å². The molecule has 3 aromatic carbocycles. The Balaban J connectivity index is 1.95. The molecular formula is C25H21NO6. The Morgan fingerprint density at radius 1 is 0.906 bits per heavy atom. The van der Waals surface area contributed by atoms with Gasteiger partial charge in [0.25, 0.3) is 11.7 Å². The number of aliphatic hydroxyl groups excluding tert-OH is 1. The summed E-state index contributed by atoms with van der Waals surface area (Å²) in [6.45, 7) is 0. The highest BCUT2D eigenvalue weighted by atomic mass is 16.5. The number of phenols is 1. The van der Waals surface area contributed by atoms with Crippen LogP contribution in [0.5, 0.6) is 17.2 Å². The first-order valence-electron chi connectivity index (χ1n) is 9.83. The van der Waals surface area contributed by atoms with Crippen molar-refractivity contribution in [3.8, 4) is 17.2 Å². The molecule has 1 aliphatic heterocycles. The van der Waals surface area contributed by atoms with E-state index in [2.05, 4.69) is 0 Å². The van der Waals surface area contributed by atoms with E-state index < -0.39 is 17.7 Å². The summed E-state index contributed by atoms with van der Waals surface area (Å²) in [4.78, 5) is 27.6. The smallest absolute Gasteiger partial charge is 0.300 e. The first-order chi connectivity index (χ1) is 15.5. The summed E-state index contributed by atoms with van der Waals surface area (Å²) in [5.74, 6) is -1.17. The van der Waals surface area contributed by atoms with Gasteiger partial charge in [-0.1, -0.05) is 36.4 Å². The number of benzene rings is 3. The number of amides is 1. The number of ether oxygens (including phenoxy) is 2. The number of rotatable bonds is 5. The van der Waals surface area contributed by atoms with Gasteiger partial charge in [0.1, 0.15) is 11.5 Å². The number of carbonyl (C=O) groups excluding carboxylic acids is 2. The summed E-state index contributed by atoms with van der Waals surface area (Å²) >= 11 is 0. The van der Waals surface area contributed by atoms with Crippen LogP contribution in [0.1, 0.15) is 17.2 Å². The van der Waals surface area contributed by atoms with Gasteiger partial charge in [-0.15, -0.1) is 0 Å². The molecule has 162 valence electrons. The van der Waals surface area contributed by atoms with Crippen LogP contribution in [-0.2, 0) is 9.59 Å². The van der Waals surface area contributed by atoms with Crippen molar-refractivity contribution < 1.29 is 29.3 Å². The SMILES string of the molecule is COc1ccc(N2C(=O)C(=O)/C(=C(/O)c3ccccc3)C2c2ccc(O)c(OC)c2)cc1. The third kappa shape index (κ3) is 3.54. The van der Waals surface area contributed by atoms with Crippen LogP contribution in [-0.4, -0.2) is 36.1 Å². The van der Waals surface area contributed by atoms with Crippen molar-refractivity contribution in [2.45, 2.75) is 6.04 Å². The summed E-state index contributed by atoms with van der Waals surface area (Å²) in [6, 6.07) is 18.9. The van der Waals surface area contributed by atoms with Crippen molar-refractivity contribution in [2.24, 2.45) is 0 Å². The molecular weight excluding hydrogens is 410 g/mol. The molecule has 2 N–H and O–H groups in total. The number of anilines is 1. The third-order valence-electron chi connectivity index (χ3n) is 5.36. The lowest BCUT2D eigenvalue weighted by atomic mass is 9.95. The van der Waals surface area contributed by atoms with E-state index in [1.165, 1.54) is 25.2 Å². The molecule has 7 heteroatoms. The minimum atomic E-state index is -0.932. The first kappa shape index (κ1) is 21.0. The van der Waals surface area contributed by atoms with Crippen LogP contribution in [0.15, 0.2) is 78.4 Å². The summed E-state index contributed by atoms with van der Waals surface area (Å²) in [6.07, 6.45) is 0. The molecule has 1 atom stereocenters. The minimum absolute atomic E-state index is 0.0511. The number of Topliss-reactive ketones (excluding diaryl/α,β-unsaturated/α-hetero) is 1. The fraction of sp³-hybridized carbons (Fsp3) is 0.120. The summed E-state index contributed by atoms with van der Waals surface area (Å²) in [5.41, 5.74) is 1.31. The van der Waals surface area contributed by atoms with E-state index in [0.717, 1.165) is 0 Å². The molecule has 0 aliphatic carbocycles. The van der Waals surface area contributed by atoms with E-state index in [9.17, 15) is 19.8 Å². The van der Waals surface area contributed by atoms with E-state index in [1.807, 2.05) is 0 Å². The summed E-state index contributed by atoms with van der Waals surface area (Å²) < 4.78 is 10.4. The van der Waals surface area contributed by atoms with Gasteiger partial charge < -0.3 is 19.7 Å². The zero-order chi connectivity index (χ0) is 22.8. The zero-order valence-electron chi connectivity index (χ0n) is 17.5. The number of aliphatic hydroxyl groups is 1. The molecule has 0 spiro atoms. The Labute approximate surface area is 184 Å². The van der Waals surface area contributed by atoms with Gasteiger partial charge in [0, 0.05) is 11.3 Å². The zero-order valence-corrected chi connectivity index (χ0v) is 17.5. The Morgan fingerprint density at radius 3 is 2.22 bits per heavy atom. The number of methoxy groups -OCH3 is 2. The van der Waals surface area contributed by atoms with Gasteiger partial charge in [-0.2, -0.15) is 0 Å². The second kappa shape index (κ2) is 8.47. The Bertz CT molecular complexity index is 1200. The van der Waals surface area contributed by atoms with Gasteiger partial charge in [0.2, 0.25) is 0 Å². The average Bonchev–Trinajstić information content (AvgIpc) is 3.10. The predicted octanol–water partition coefficient (Wildman–Crippen LogP) is 4.04. The highest BCUT2D eigenvalue weighted by Gasteiger charge is 2.47. The highest BCUT2D eigenvalue weighted by molar-refractivity contribution is 6.51. The second-order valence-electron chi connectivity index (χ2n) is 7.16. The van der Waals surface area contributed by atoms with Crippen molar-refractivity contribution in [2.75, 3.05) is 19.1 Å². The van der Waals surface area contributed by atoms with Crippen molar-refractivity contribution in [3.05, 3.63) is 89.5 Å². The number of phenolic OH excluding ortho intramolecular Hbond substituents is 1. The number of ketones is 1. The maximum absolute atomic E-state index is 13.1. The standard InChI is InChI=1S/C25H21NO6/c1-31-18-11-9-17(10-12-18)26-22(16-8-13-19(27)20(14-16)32-2)21(24(29)25(26)30)23(28)15-6-4-3-5-7-15/h3-14,22,27-28H,1-2H3/b23-21+. The van der Waals surface area contributed by atoms with Gasteiger partial charge in [-0.3, -0.25) is 14.5 Å². The van der Waals surface area contributed by atoms with E-state index in [-0.39, 0.29) is 22.8 Å². The maximum Gasteiger partial charge on any atom is 0.300 e. The Kier molecular flexibility index (Phi) is 5.55. The molecule has 0 saturated carbocycles. The Morgan fingerprint density at radius 2 is 1.59 bits per heavy atom. The molecule has 1 aliphatic rings. The van der Waals surface area contributed by atoms with Gasteiger partial charge >= 0.3 is 0 Å². The number of carbonyl (C=O) groups is 2. The molecule has 7 nitrogen and oxygen atoms in total. The predicted molar refractivity (Wildman–Crippen MR) is 119 cm³/mol. The maximum atomic E-state index is 13.1. The molecule has 1 heterocycles. The summed E-state index contributed by atoms with van der Waals surface area (Å²) in [7, 11) is 2.94. The molecule has 4 rings (SSSR count). The lowest BCUT2D eigenvalue weighted by molar-refractivity contribution is -0.132. The first-order valence-corrected chi connectivity index (χ1v) is 9.83. The second-order valence-corrected chi connectivity index (χ2v) is 7.16. The quantitative estimate of drug-likeness (QED) is 0.360. The van der Waals surface area contributed by atoms with Gasteiger partial charge in [-0.25, -0.2) is 0 Å². The number of nitrogens with zero attached hydrogens (tertiary/aromatic N) is 1. The van der Waals surface area contributed by atoms with Crippen LogP contribution >= 0.6 is 0 Å². The lowest BCUT2D eigenvalue weighted by Crippen LogP contribution is -2.29. The molecule has 1 fully saturated rings. The van der Waals surface area contributed by atoms with E-state index in [1.54, 1.807) is 66.7 Å². The van der Waals surface area contributed by atoms with Crippen molar-refractivity contribution in [3.63, 3.8) is 0 Å². The molecule has 32 heavy (non-hydrogen) atoms. The van der Waals surface area contributed by atoms with E-state index in [4.69, 9.17) is 9.47 Å². The average molecular weight is 431 g/mol. The fourth-order valence-corrected chi connectivity index (χ4v) is 3.77. The molecule has 0 bridgehead atoms. The monoisotopic (exact) mass is 431 g/mol. The molecule has 1 unspecified atom stereocenters. The molecule has 0 radical (unpaired) electrons. The molecule has 1 saturated heterocycles. The lowest BCUT2D eigenvalue weighted by Gasteiger charge is -2.26. The van der Waals surface area contributed by atoms with E-state index >= 15 is 0 Å². The topological polar surface area (TPSA) is 96.3 Å². The van der Waals surface area contributed by atoms with Gasteiger partial charge in [0.15, 0.2) is 11.5 Å². The number of hydrogen-bond donors (Lipinski definition) is 2. The van der Waals surface area contributed by atoms with Crippen molar-refractivity contribution in [1.29, 1.82) is 0 Å². The van der Waals surface area contributed by atoms with Crippen LogP contribution in [0, 0.1) is 0 Å². The van der Waals surface area contributed by atoms with Crippen LogP contribution in [0.2, 0.25) is 0 Å². The molecule has 3 aromatic rings. The van der Waals surface area contributed by atoms with Gasteiger partial charge in [0.05, 0.1) is 25.8 Å². The number of hydrogen-bond acceptors (Lipinski definition) is 6. The highest BCUT2D eigenvalue weighted by Crippen LogP contribution is 2.44. The largest absolute Gasteiger partial charge is 0.507 e. The Hall–Kier alpha value is -4.26. The normalized spacial score (nSPS) is 17.4. The molecule has 0 aromatic heterocycles. The summed E-state index contributed by atoms with van der Waals surface area (Å²) in [5, 5.41) is 21.1. The van der Waals surface area contributed by atoms with Crippen LogP contribution < -0.4 is 14.4 Å². The van der Waals surface area contributed by atoms with E-state index in [0.29, 0.717) is 22.6 Å². The molecule has 1 amide bonds.